The normalized spacial score (nSPS) is 10.8. The van der Waals surface area contributed by atoms with Crippen LogP contribution in [0.2, 0.25) is 0 Å². The standard InChI is InChI=1S/C22H23FN2O2/c1-4-11-25(22(26)17-7-9-18(23)10-8-17)14-19-13-21(27-24-19)20-12-15(2)5-6-16(20)3/h5-10,12-13H,4,11,14H2,1-3H3. The highest BCUT2D eigenvalue weighted by Crippen LogP contribution is 2.26. The molecule has 5 heteroatoms. The van der Waals surface area contributed by atoms with Gasteiger partial charge in [0.25, 0.3) is 5.91 Å². The van der Waals surface area contributed by atoms with E-state index >= 15 is 0 Å². The van der Waals surface area contributed by atoms with Gasteiger partial charge in [-0.3, -0.25) is 4.79 Å². The Morgan fingerprint density at radius 1 is 1.11 bits per heavy atom. The van der Waals surface area contributed by atoms with E-state index in [0.717, 1.165) is 23.1 Å². The molecule has 0 saturated heterocycles. The fourth-order valence-electron chi connectivity index (χ4n) is 3.01. The Labute approximate surface area is 158 Å². The van der Waals surface area contributed by atoms with E-state index in [9.17, 15) is 9.18 Å². The molecule has 27 heavy (non-hydrogen) atoms. The molecule has 0 aliphatic rings. The maximum absolute atomic E-state index is 13.1. The third-order valence-corrected chi connectivity index (χ3v) is 4.44. The number of benzene rings is 2. The minimum absolute atomic E-state index is 0.145. The molecule has 0 unspecified atom stereocenters. The highest BCUT2D eigenvalue weighted by Gasteiger charge is 2.18. The van der Waals surface area contributed by atoms with E-state index < -0.39 is 0 Å². The molecule has 2 aromatic carbocycles. The lowest BCUT2D eigenvalue weighted by Gasteiger charge is -2.21. The fourth-order valence-corrected chi connectivity index (χ4v) is 3.01. The van der Waals surface area contributed by atoms with Gasteiger partial charge >= 0.3 is 0 Å². The lowest BCUT2D eigenvalue weighted by Crippen LogP contribution is -2.31. The molecule has 0 aliphatic heterocycles. The van der Waals surface area contributed by atoms with Crippen molar-refractivity contribution < 1.29 is 13.7 Å². The summed E-state index contributed by atoms with van der Waals surface area (Å²) in [5.41, 5.74) is 4.40. The first kappa shape index (κ1) is 18.8. The molecule has 1 amide bonds. The molecule has 140 valence electrons. The Kier molecular flexibility index (Phi) is 5.69. The van der Waals surface area contributed by atoms with Gasteiger partial charge < -0.3 is 9.42 Å². The molecule has 0 N–H and O–H groups in total. The zero-order valence-corrected chi connectivity index (χ0v) is 15.8. The molecule has 1 heterocycles. The molecule has 0 saturated carbocycles. The lowest BCUT2D eigenvalue weighted by molar-refractivity contribution is 0.0739. The molecule has 0 aliphatic carbocycles. The van der Waals surface area contributed by atoms with Gasteiger partial charge in [-0.05, 0) is 56.2 Å². The molecule has 3 rings (SSSR count). The second-order valence-electron chi connectivity index (χ2n) is 6.73. The predicted octanol–water partition coefficient (Wildman–Crippen LogP) is 5.15. The topological polar surface area (TPSA) is 46.3 Å². The van der Waals surface area contributed by atoms with Crippen molar-refractivity contribution in [3.05, 3.63) is 76.7 Å². The van der Waals surface area contributed by atoms with Crippen LogP contribution in [0.3, 0.4) is 0 Å². The van der Waals surface area contributed by atoms with Crippen molar-refractivity contribution in [1.82, 2.24) is 10.1 Å². The zero-order valence-electron chi connectivity index (χ0n) is 15.8. The number of carbonyl (C=O) groups is 1. The van der Waals surface area contributed by atoms with Crippen molar-refractivity contribution in [2.24, 2.45) is 0 Å². The molecule has 1 aromatic heterocycles. The Morgan fingerprint density at radius 3 is 2.56 bits per heavy atom. The Hall–Kier alpha value is -2.95. The van der Waals surface area contributed by atoms with Crippen LogP contribution < -0.4 is 0 Å². The number of aryl methyl sites for hydroxylation is 2. The fraction of sp³-hybridized carbons (Fsp3) is 0.273. The number of carbonyl (C=O) groups excluding carboxylic acids is 1. The summed E-state index contributed by atoms with van der Waals surface area (Å²) in [4.78, 5) is 14.5. The number of rotatable bonds is 6. The van der Waals surface area contributed by atoms with E-state index in [1.54, 1.807) is 4.90 Å². The van der Waals surface area contributed by atoms with Gasteiger partial charge in [-0.1, -0.05) is 29.8 Å². The first-order chi connectivity index (χ1) is 13.0. The molecular weight excluding hydrogens is 343 g/mol. The molecule has 0 fully saturated rings. The summed E-state index contributed by atoms with van der Waals surface area (Å²) in [5, 5.41) is 4.15. The average molecular weight is 366 g/mol. The first-order valence-electron chi connectivity index (χ1n) is 9.06. The minimum Gasteiger partial charge on any atom is -0.356 e. The van der Waals surface area contributed by atoms with Gasteiger partial charge in [0, 0.05) is 23.7 Å². The molecule has 4 nitrogen and oxygen atoms in total. The van der Waals surface area contributed by atoms with E-state index in [0.29, 0.717) is 30.1 Å². The number of amides is 1. The van der Waals surface area contributed by atoms with Crippen LogP contribution in [0, 0.1) is 19.7 Å². The molecule has 0 bridgehead atoms. The highest BCUT2D eigenvalue weighted by molar-refractivity contribution is 5.94. The molecule has 0 spiro atoms. The first-order valence-corrected chi connectivity index (χ1v) is 9.06. The predicted molar refractivity (Wildman–Crippen MR) is 103 cm³/mol. The maximum atomic E-state index is 13.1. The second kappa shape index (κ2) is 8.16. The molecular formula is C22H23FN2O2. The second-order valence-corrected chi connectivity index (χ2v) is 6.73. The number of nitrogens with zero attached hydrogens (tertiary/aromatic N) is 2. The summed E-state index contributed by atoms with van der Waals surface area (Å²) in [5.74, 6) is 0.188. The van der Waals surface area contributed by atoms with E-state index in [4.69, 9.17) is 4.52 Å². The van der Waals surface area contributed by atoms with E-state index in [-0.39, 0.29) is 11.7 Å². The smallest absolute Gasteiger partial charge is 0.254 e. The summed E-state index contributed by atoms with van der Waals surface area (Å²) in [6.07, 6.45) is 0.814. The number of halogens is 1. The Balaban J connectivity index is 1.81. The van der Waals surface area contributed by atoms with Gasteiger partial charge in [0.2, 0.25) is 0 Å². The van der Waals surface area contributed by atoms with Crippen LogP contribution in [0.1, 0.15) is 40.5 Å². The van der Waals surface area contributed by atoms with E-state index in [2.05, 4.69) is 17.3 Å². The molecule has 0 atom stereocenters. The van der Waals surface area contributed by atoms with E-state index in [1.165, 1.54) is 24.3 Å². The van der Waals surface area contributed by atoms with Crippen molar-refractivity contribution >= 4 is 5.91 Å². The van der Waals surface area contributed by atoms with Crippen LogP contribution in [0.25, 0.3) is 11.3 Å². The number of hydrogen-bond acceptors (Lipinski definition) is 3. The summed E-state index contributed by atoms with van der Waals surface area (Å²) < 4.78 is 18.7. The van der Waals surface area contributed by atoms with Gasteiger partial charge in [-0.15, -0.1) is 0 Å². The highest BCUT2D eigenvalue weighted by atomic mass is 19.1. The average Bonchev–Trinajstić information content (AvgIpc) is 3.12. The Morgan fingerprint density at radius 2 is 1.85 bits per heavy atom. The number of aromatic nitrogens is 1. The van der Waals surface area contributed by atoms with Crippen molar-refractivity contribution in [3.63, 3.8) is 0 Å². The summed E-state index contributed by atoms with van der Waals surface area (Å²) in [6.45, 7) is 7.00. The van der Waals surface area contributed by atoms with Crippen LogP contribution in [-0.2, 0) is 6.54 Å². The van der Waals surface area contributed by atoms with Crippen molar-refractivity contribution in [3.8, 4) is 11.3 Å². The molecule has 0 radical (unpaired) electrons. The Bertz CT molecular complexity index is 932. The van der Waals surface area contributed by atoms with Crippen LogP contribution >= 0.6 is 0 Å². The maximum Gasteiger partial charge on any atom is 0.254 e. The lowest BCUT2D eigenvalue weighted by atomic mass is 10.0. The minimum atomic E-state index is -0.358. The quantitative estimate of drug-likeness (QED) is 0.606. The van der Waals surface area contributed by atoms with Crippen molar-refractivity contribution in [2.75, 3.05) is 6.54 Å². The summed E-state index contributed by atoms with van der Waals surface area (Å²) >= 11 is 0. The third-order valence-electron chi connectivity index (χ3n) is 4.44. The van der Waals surface area contributed by atoms with Crippen LogP contribution in [0.5, 0.6) is 0 Å². The third kappa shape index (κ3) is 4.42. The zero-order chi connectivity index (χ0) is 19.4. The molecule has 3 aromatic rings. The van der Waals surface area contributed by atoms with Crippen LogP contribution in [0.4, 0.5) is 4.39 Å². The van der Waals surface area contributed by atoms with Gasteiger partial charge in [0.15, 0.2) is 5.76 Å². The SMILES string of the molecule is CCCN(Cc1cc(-c2cc(C)ccc2C)on1)C(=O)c1ccc(F)cc1. The van der Waals surface area contributed by atoms with Crippen molar-refractivity contribution in [1.29, 1.82) is 0 Å². The van der Waals surface area contributed by atoms with Crippen LogP contribution in [-0.4, -0.2) is 22.5 Å². The van der Waals surface area contributed by atoms with Crippen molar-refractivity contribution in [2.45, 2.75) is 33.7 Å². The summed E-state index contributed by atoms with van der Waals surface area (Å²) in [6, 6.07) is 13.7. The van der Waals surface area contributed by atoms with Gasteiger partial charge in [-0.25, -0.2) is 4.39 Å². The van der Waals surface area contributed by atoms with Gasteiger partial charge in [-0.2, -0.15) is 0 Å². The van der Waals surface area contributed by atoms with Gasteiger partial charge in [0.05, 0.1) is 6.54 Å². The monoisotopic (exact) mass is 366 g/mol. The van der Waals surface area contributed by atoms with E-state index in [1.807, 2.05) is 32.9 Å². The largest absolute Gasteiger partial charge is 0.356 e. The van der Waals surface area contributed by atoms with Crippen LogP contribution in [0.15, 0.2) is 53.1 Å². The van der Waals surface area contributed by atoms with Gasteiger partial charge in [0.1, 0.15) is 11.5 Å². The number of hydrogen-bond donors (Lipinski definition) is 0. The summed E-state index contributed by atoms with van der Waals surface area (Å²) in [7, 11) is 0.